The van der Waals surface area contributed by atoms with Gasteiger partial charge in [0.15, 0.2) is 0 Å². The number of aliphatic hydroxyl groups excluding tert-OH is 1. The summed E-state index contributed by atoms with van der Waals surface area (Å²) < 4.78 is 0. The molecule has 1 aliphatic rings. The summed E-state index contributed by atoms with van der Waals surface area (Å²) >= 11 is 0. The minimum atomic E-state index is 0.316. The van der Waals surface area contributed by atoms with Crippen LogP contribution in [0.2, 0.25) is 0 Å². The number of likely N-dealkylation sites (tertiary alicyclic amines) is 1. The molecule has 108 valence electrons. The summed E-state index contributed by atoms with van der Waals surface area (Å²) in [5.74, 6) is 0. The summed E-state index contributed by atoms with van der Waals surface area (Å²) in [5, 5.41) is 12.6. The van der Waals surface area contributed by atoms with Crippen molar-refractivity contribution in [2.24, 2.45) is 5.41 Å². The molecule has 0 aromatic rings. The molecule has 3 heteroatoms. The van der Waals surface area contributed by atoms with Gasteiger partial charge >= 0.3 is 0 Å². The average molecular weight is 256 g/mol. The van der Waals surface area contributed by atoms with E-state index >= 15 is 0 Å². The first-order valence-electron chi connectivity index (χ1n) is 7.51. The summed E-state index contributed by atoms with van der Waals surface area (Å²) in [4.78, 5) is 2.59. The van der Waals surface area contributed by atoms with E-state index in [4.69, 9.17) is 5.11 Å². The number of nitrogens with zero attached hydrogens (tertiary/aromatic N) is 1. The number of aliphatic hydroxyl groups is 1. The fourth-order valence-corrected chi connectivity index (χ4v) is 3.14. The monoisotopic (exact) mass is 256 g/mol. The van der Waals surface area contributed by atoms with E-state index in [-0.39, 0.29) is 0 Å². The van der Waals surface area contributed by atoms with Gasteiger partial charge in [0.1, 0.15) is 0 Å². The van der Waals surface area contributed by atoms with Crippen LogP contribution in [0.15, 0.2) is 0 Å². The van der Waals surface area contributed by atoms with E-state index in [0.29, 0.717) is 24.1 Å². The van der Waals surface area contributed by atoms with Gasteiger partial charge in [0.25, 0.3) is 0 Å². The molecule has 2 N–H and O–H groups in total. The summed E-state index contributed by atoms with van der Waals surface area (Å²) in [7, 11) is 2.07. The van der Waals surface area contributed by atoms with Crippen LogP contribution in [0.3, 0.4) is 0 Å². The zero-order valence-corrected chi connectivity index (χ0v) is 12.7. The lowest BCUT2D eigenvalue weighted by molar-refractivity contribution is 0.107. The molecule has 2 unspecified atom stereocenters. The lowest BCUT2D eigenvalue weighted by Crippen LogP contribution is -2.45. The maximum atomic E-state index is 9.15. The van der Waals surface area contributed by atoms with Crippen LogP contribution in [0.5, 0.6) is 0 Å². The highest BCUT2D eigenvalue weighted by molar-refractivity contribution is 4.83. The predicted molar refractivity (Wildman–Crippen MR) is 77.8 cm³/mol. The van der Waals surface area contributed by atoms with Gasteiger partial charge in [0.2, 0.25) is 0 Å². The molecule has 0 bridgehead atoms. The molecule has 1 rings (SSSR count). The SMILES string of the molecule is CNC(CCN1CCCCC1CCO)C(C)(C)C. The Labute approximate surface area is 113 Å². The maximum absolute atomic E-state index is 9.15. The third kappa shape index (κ3) is 4.87. The number of rotatable bonds is 6. The van der Waals surface area contributed by atoms with Gasteiger partial charge in [-0.3, -0.25) is 0 Å². The first-order chi connectivity index (χ1) is 8.49. The smallest absolute Gasteiger partial charge is 0.0445 e. The summed E-state index contributed by atoms with van der Waals surface area (Å²) in [6.07, 6.45) is 6.06. The van der Waals surface area contributed by atoms with Crippen LogP contribution < -0.4 is 5.32 Å². The fourth-order valence-electron chi connectivity index (χ4n) is 3.14. The van der Waals surface area contributed by atoms with Gasteiger partial charge in [-0.2, -0.15) is 0 Å². The quantitative estimate of drug-likeness (QED) is 0.765. The van der Waals surface area contributed by atoms with Crippen molar-refractivity contribution in [3.63, 3.8) is 0 Å². The molecule has 0 aromatic heterocycles. The average Bonchev–Trinajstić information content (AvgIpc) is 2.30. The molecule has 3 nitrogen and oxygen atoms in total. The van der Waals surface area contributed by atoms with Gasteiger partial charge in [-0.15, -0.1) is 0 Å². The van der Waals surface area contributed by atoms with Crippen molar-refractivity contribution >= 4 is 0 Å². The van der Waals surface area contributed by atoms with E-state index in [9.17, 15) is 0 Å². The van der Waals surface area contributed by atoms with Crippen LogP contribution in [-0.2, 0) is 0 Å². The second kappa shape index (κ2) is 7.46. The van der Waals surface area contributed by atoms with Crippen LogP contribution in [-0.4, -0.2) is 48.8 Å². The normalized spacial score (nSPS) is 24.2. The van der Waals surface area contributed by atoms with E-state index in [1.165, 1.54) is 32.2 Å². The standard InChI is InChI=1S/C15H32N2O/c1-15(2,3)14(16-4)8-11-17-10-6-5-7-13(17)9-12-18/h13-14,16,18H,5-12H2,1-4H3. The number of nitrogens with one attached hydrogen (secondary N) is 1. The Morgan fingerprint density at radius 3 is 2.61 bits per heavy atom. The highest BCUT2D eigenvalue weighted by Crippen LogP contribution is 2.24. The van der Waals surface area contributed by atoms with Crippen LogP contribution in [0.4, 0.5) is 0 Å². The number of hydrogen-bond acceptors (Lipinski definition) is 3. The molecule has 2 atom stereocenters. The Hall–Kier alpha value is -0.120. The first kappa shape index (κ1) is 15.9. The van der Waals surface area contributed by atoms with Crippen molar-refractivity contribution in [1.82, 2.24) is 10.2 Å². The Bertz CT molecular complexity index is 223. The van der Waals surface area contributed by atoms with E-state index in [1.807, 2.05) is 0 Å². The van der Waals surface area contributed by atoms with Crippen molar-refractivity contribution in [3.8, 4) is 0 Å². The molecule has 0 aromatic carbocycles. The Morgan fingerprint density at radius 1 is 1.33 bits per heavy atom. The number of piperidine rings is 1. The Kier molecular flexibility index (Phi) is 6.61. The molecule has 18 heavy (non-hydrogen) atoms. The van der Waals surface area contributed by atoms with Crippen LogP contribution in [0.25, 0.3) is 0 Å². The predicted octanol–water partition coefficient (Wildman–Crippen LogP) is 2.25. The van der Waals surface area contributed by atoms with Gasteiger partial charge in [0.05, 0.1) is 0 Å². The molecule has 1 aliphatic heterocycles. The topological polar surface area (TPSA) is 35.5 Å². The molecule has 0 saturated carbocycles. The lowest BCUT2D eigenvalue weighted by Gasteiger charge is -2.38. The zero-order valence-electron chi connectivity index (χ0n) is 12.7. The van der Waals surface area contributed by atoms with Gasteiger partial charge in [0, 0.05) is 18.7 Å². The maximum Gasteiger partial charge on any atom is 0.0445 e. The van der Waals surface area contributed by atoms with Gasteiger partial charge in [-0.1, -0.05) is 27.2 Å². The number of hydrogen-bond donors (Lipinski definition) is 2. The Morgan fingerprint density at radius 2 is 2.06 bits per heavy atom. The van der Waals surface area contributed by atoms with Crippen molar-refractivity contribution < 1.29 is 5.11 Å². The third-order valence-corrected chi connectivity index (χ3v) is 4.31. The van der Waals surface area contributed by atoms with E-state index in [1.54, 1.807) is 0 Å². The highest BCUT2D eigenvalue weighted by Gasteiger charge is 2.26. The summed E-state index contributed by atoms with van der Waals surface area (Å²) in [5.41, 5.74) is 0.316. The van der Waals surface area contributed by atoms with Crippen LogP contribution >= 0.6 is 0 Å². The van der Waals surface area contributed by atoms with Crippen LogP contribution in [0, 0.1) is 5.41 Å². The van der Waals surface area contributed by atoms with Crippen molar-refractivity contribution in [2.75, 3.05) is 26.7 Å². The molecule has 0 radical (unpaired) electrons. The van der Waals surface area contributed by atoms with E-state index < -0.39 is 0 Å². The summed E-state index contributed by atoms with van der Waals surface area (Å²) in [6.45, 7) is 9.61. The highest BCUT2D eigenvalue weighted by atomic mass is 16.3. The molecular weight excluding hydrogens is 224 g/mol. The molecule has 1 fully saturated rings. The Balaban J connectivity index is 2.44. The fraction of sp³-hybridized carbons (Fsp3) is 1.00. The van der Waals surface area contributed by atoms with Crippen LogP contribution in [0.1, 0.15) is 52.9 Å². The van der Waals surface area contributed by atoms with Crippen molar-refractivity contribution in [1.29, 1.82) is 0 Å². The molecular formula is C15H32N2O. The van der Waals surface area contributed by atoms with E-state index in [2.05, 4.69) is 38.0 Å². The molecule has 1 saturated heterocycles. The molecule has 0 amide bonds. The lowest BCUT2D eigenvalue weighted by atomic mass is 9.84. The minimum Gasteiger partial charge on any atom is -0.396 e. The molecule has 0 spiro atoms. The van der Waals surface area contributed by atoms with Gasteiger partial charge in [-0.25, -0.2) is 0 Å². The van der Waals surface area contributed by atoms with Crippen molar-refractivity contribution in [3.05, 3.63) is 0 Å². The first-order valence-corrected chi connectivity index (χ1v) is 7.51. The third-order valence-electron chi connectivity index (χ3n) is 4.31. The zero-order chi connectivity index (χ0) is 13.6. The minimum absolute atomic E-state index is 0.316. The second-order valence-corrected chi connectivity index (χ2v) is 6.69. The van der Waals surface area contributed by atoms with Gasteiger partial charge in [-0.05, 0) is 51.2 Å². The summed E-state index contributed by atoms with van der Waals surface area (Å²) in [6, 6.07) is 1.18. The van der Waals surface area contributed by atoms with E-state index in [0.717, 1.165) is 13.0 Å². The second-order valence-electron chi connectivity index (χ2n) is 6.69. The largest absolute Gasteiger partial charge is 0.396 e. The molecule has 1 heterocycles. The molecule has 0 aliphatic carbocycles. The van der Waals surface area contributed by atoms with Crippen molar-refractivity contribution in [2.45, 2.75) is 65.0 Å². The van der Waals surface area contributed by atoms with Gasteiger partial charge < -0.3 is 15.3 Å².